The minimum Gasteiger partial charge on any atom is -0.475 e. The number of anilines is 1. The summed E-state index contributed by atoms with van der Waals surface area (Å²) in [6, 6.07) is 9.63. The van der Waals surface area contributed by atoms with Crippen molar-refractivity contribution in [3.63, 3.8) is 0 Å². The number of ether oxygens (including phenoxy) is 1. The van der Waals surface area contributed by atoms with Crippen molar-refractivity contribution in [3.8, 4) is 5.88 Å². The molecule has 1 atom stereocenters. The first-order valence-electron chi connectivity index (χ1n) is 6.98. The van der Waals surface area contributed by atoms with E-state index in [1.165, 1.54) is 0 Å². The molecule has 1 heterocycles. The standard InChI is InChI=1S/C16H20ClN3O/c1-10(2)21-15-9-11(3)18-16(20-15)19-12(4)13-5-7-14(17)8-6-13/h5-10,12H,1-4H3,(H,18,19,20). The Bertz CT molecular complexity index is 599. The molecule has 0 saturated heterocycles. The van der Waals surface area contributed by atoms with Crippen LogP contribution in [0.5, 0.6) is 5.88 Å². The Hall–Kier alpha value is -1.81. The molecule has 1 unspecified atom stereocenters. The summed E-state index contributed by atoms with van der Waals surface area (Å²) < 4.78 is 5.63. The number of nitrogens with one attached hydrogen (secondary N) is 1. The molecule has 5 heteroatoms. The molecule has 1 aromatic carbocycles. The maximum absolute atomic E-state index is 5.90. The third kappa shape index (κ3) is 4.60. The first-order valence-corrected chi connectivity index (χ1v) is 7.36. The van der Waals surface area contributed by atoms with Crippen LogP contribution in [0.4, 0.5) is 5.95 Å². The quantitative estimate of drug-likeness (QED) is 0.889. The van der Waals surface area contributed by atoms with E-state index in [1.807, 2.05) is 51.1 Å². The van der Waals surface area contributed by atoms with E-state index in [0.717, 1.165) is 16.3 Å². The van der Waals surface area contributed by atoms with Gasteiger partial charge >= 0.3 is 0 Å². The van der Waals surface area contributed by atoms with E-state index in [-0.39, 0.29) is 12.1 Å². The van der Waals surface area contributed by atoms with Crippen LogP contribution in [0.15, 0.2) is 30.3 Å². The van der Waals surface area contributed by atoms with Crippen LogP contribution in [0, 0.1) is 6.92 Å². The van der Waals surface area contributed by atoms with E-state index >= 15 is 0 Å². The first-order chi connectivity index (χ1) is 9.94. The highest BCUT2D eigenvalue weighted by atomic mass is 35.5. The van der Waals surface area contributed by atoms with Gasteiger partial charge in [0.1, 0.15) is 0 Å². The fourth-order valence-electron chi connectivity index (χ4n) is 1.93. The van der Waals surface area contributed by atoms with Gasteiger partial charge in [-0.1, -0.05) is 23.7 Å². The van der Waals surface area contributed by atoms with Crippen LogP contribution in [-0.4, -0.2) is 16.1 Å². The van der Waals surface area contributed by atoms with Gasteiger partial charge < -0.3 is 10.1 Å². The van der Waals surface area contributed by atoms with Crippen LogP contribution < -0.4 is 10.1 Å². The van der Waals surface area contributed by atoms with Crippen molar-refractivity contribution in [2.24, 2.45) is 0 Å². The van der Waals surface area contributed by atoms with E-state index in [0.29, 0.717) is 11.8 Å². The highest BCUT2D eigenvalue weighted by Gasteiger charge is 2.09. The van der Waals surface area contributed by atoms with Gasteiger partial charge in [-0.15, -0.1) is 0 Å². The smallest absolute Gasteiger partial charge is 0.226 e. The molecule has 21 heavy (non-hydrogen) atoms. The second-order valence-electron chi connectivity index (χ2n) is 5.26. The molecule has 0 aliphatic rings. The second kappa shape index (κ2) is 6.76. The number of aromatic nitrogens is 2. The summed E-state index contributed by atoms with van der Waals surface area (Å²) in [5.74, 6) is 1.15. The van der Waals surface area contributed by atoms with Gasteiger partial charge in [0.05, 0.1) is 12.1 Å². The number of benzene rings is 1. The third-order valence-electron chi connectivity index (χ3n) is 2.90. The molecule has 2 rings (SSSR count). The largest absolute Gasteiger partial charge is 0.475 e. The van der Waals surface area contributed by atoms with Crippen molar-refractivity contribution in [2.45, 2.75) is 39.8 Å². The predicted molar refractivity (Wildman–Crippen MR) is 86.0 cm³/mol. The lowest BCUT2D eigenvalue weighted by Crippen LogP contribution is -2.12. The van der Waals surface area contributed by atoms with Crippen molar-refractivity contribution in [1.29, 1.82) is 0 Å². The van der Waals surface area contributed by atoms with Crippen LogP contribution in [-0.2, 0) is 0 Å². The molecule has 1 N–H and O–H groups in total. The number of halogens is 1. The summed E-state index contributed by atoms with van der Waals surface area (Å²) in [5.41, 5.74) is 1.99. The maximum Gasteiger partial charge on any atom is 0.226 e. The SMILES string of the molecule is Cc1cc(OC(C)C)nc(NC(C)c2ccc(Cl)cc2)n1. The zero-order valence-corrected chi connectivity index (χ0v) is 13.5. The highest BCUT2D eigenvalue weighted by molar-refractivity contribution is 6.30. The lowest BCUT2D eigenvalue weighted by molar-refractivity contribution is 0.232. The van der Waals surface area contributed by atoms with E-state index in [2.05, 4.69) is 22.2 Å². The van der Waals surface area contributed by atoms with E-state index in [9.17, 15) is 0 Å². The van der Waals surface area contributed by atoms with Crippen molar-refractivity contribution >= 4 is 17.5 Å². The number of nitrogens with zero attached hydrogens (tertiary/aromatic N) is 2. The minimum atomic E-state index is 0.0796. The van der Waals surface area contributed by atoms with Crippen molar-refractivity contribution < 1.29 is 4.74 Å². The molecule has 0 aliphatic heterocycles. The summed E-state index contributed by atoms with van der Waals surface area (Å²) >= 11 is 5.90. The fraction of sp³-hybridized carbons (Fsp3) is 0.375. The van der Waals surface area contributed by atoms with Gasteiger partial charge in [0.15, 0.2) is 0 Å². The average Bonchev–Trinajstić information content (AvgIpc) is 2.37. The average molecular weight is 306 g/mol. The Morgan fingerprint density at radius 3 is 2.38 bits per heavy atom. The Kier molecular flexibility index (Phi) is 5.02. The molecule has 0 radical (unpaired) electrons. The molecular formula is C16H20ClN3O. The molecular weight excluding hydrogens is 286 g/mol. The molecule has 0 bridgehead atoms. The van der Waals surface area contributed by atoms with Gasteiger partial charge in [0, 0.05) is 16.8 Å². The number of hydrogen-bond acceptors (Lipinski definition) is 4. The fourth-order valence-corrected chi connectivity index (χ4v) is 2.06. The molecule has 0 saturated carbocycles. The van der Waals surface area contributed by atoms with Crippen molar-refractivity contribution in [2.75, 3.05) is 5.32 Å². The van der Waals surface area contributed by atoms with Gasteiger partial charge in [0.25, 0.3) is 0 Å². The summed E-state index contributed by atoms with van der Waals surface area (Å²) in [7, 11) is 0. The van der Waals surface area contributed by atoms with E-state index < -0.39 is 0 Å². The summed E-state index contributed by atoms with van der Waals surface area (Å²) in [6.45, 7) is 7.92. The number of hydrogen-bond donors (Lipinski definition) is 1. The molecule has 0 amide bonds. The Morgan fingerprint density at radius 2 is 1.76 bits per heavy atom. The van der Waals surface area contributed by atoms with Crippen LogP contribution in [0.3, 0.4) is 0 Å². The van der Waals surface area contributed by atoms with Crippen LogP contribution in [0.25, 0.3) is 0 Å². The van der Waals surface area contributed by atoms with E-state index in [4.69, 9.17) is 16.3 Å². The minimum absolute atomic E-state index is 0.0796. The van der Waals surface area contributed by atoms with Crippen LogP contribution in [0.1, 0.15) is 38.1 Å². The molecule has 4 nitrogen and oxygen atoms in total. The molecule has 112 valence electrons. The van der Waals surface area contributed by atoms with Crippen LogP contribution >= 0.6 is 11.6 Å². The van der Waals surface area contributed by atoms with E-state index in [1.54, 1.807) is 0 Å². The summed E-state index contributed by atoms with van der Waals surface area (Å²) in [5, 5.41) is 4.01. The zero-order chi connectivity index (χ0) is 15.4. The van der Waals surface area contributed by atoms with Gasteiger partial charge in [-0.3, -0.25) is 0 Å². The summed E-state index contributed by atoms with van der Waals surface area (Å²) in [6.07, 6.45) is 0.0841. The first kappa shape index (κ1) is 15.6. The lowest BCUT2D eigenvalue weighted by Gasteiger charge is -2.16. The van der Waals surface area contributed by atoms with Gasteiger partial charge in [-0.25, -0.2) is 4.98 Å². The van der Waals surface area contributed by atoms with Gasteiger partial charge in [0.2, 0.25) is 11.8 Å². The molecule has 2 aromatic rings. The van der Waals surface area contributed by atoms with Crippen molar-refractivity contribution in [3.05, 3.63) is 46.6 Å². The van der Waals surface area contributed by atoms with Gasteiger partial charge in [-0.2, -0.15) is 4.98 Å². The number of rotatable bonds is 5. The molecule has 1 aromatic heterocycles. The second-order valence-corrected chi connectivity index (χ2v) is 5.69. The maximum atomic E-state index is 5.90. The Balaban J connectivity index is 2.14. The van der Waals surface area contributed by atoms with Crippen molar-refractivity contribution in [1.82, 2.24) is 9.97 Å². The van der Waals surface area contributed by atoms with Crippen LogP contribution in [0.2, 0.25) is 5.02 Å². The topological polar surface area (TPSA) is 47.0 Å². The lowest BCUT2D eigenvalue weighted by atomic mass is 10.1. The highest BCUT2D eigenvalue weighted by Crippen LogP contribution is 2.21. The predicted octanol–water partition coefficient (Wildman–Crippen LogP) is 4.40. The Labute approximate surface area is 130 Å². The molecule has 0 fully saturated rings. The number of aryl methyl sites for hydroxylation is 1. The Morgan fingerprint density at radius 1 is 1.10 bits per heavy atom. The summed E-state index contributed by atoms with van der Waals surface area (Å²) in [4.78, 5) is 8.78. The monoisotopic (exact) mass is 305 g/mol. The zero-order valence-electron chi connectivity index (χ0n) is 12.7. The third-order valence-corrected chi connectivity index (χ3v) is 3.15. The molecule has 0 spiro atoms. The van der Waals surface area contributed by atoms with Gasteiger partial charge in [-0.05, 0) is 45.4 Å². The normalized spacial score (nSPS) is 12.3. The molecule has 0 aliphatic carbocycles.